The van der Waals surface area contributed by atoms with Crippen molar-refractivity contribution in [1.29, 1.82) is 0 Å². The average molecular weight is 355 g/mol. The molecule has 8 heteroatoms. The molecule has 0 atom stereocenters. The van der Waals surface area contributed by atoms with E-state index >= 15 is 0 Å². The number of amides is 2. The topological polar surface area (TPSA) is 102 Å². The molecule has 1 aromatic carbocycles. The molecule has 1 saturated heterocycles. The van der Waals surface area contributed by atoms with Crippen molar-refractivity contribution in [3.8, 4) is 5.75 Å². The summed E-state index contributed by atoms with van der Waals surface area (Å²) in [4.78, 5) is 28.8. The minimum Gasteiger partial charge on any atom is -0.508 e. The third kappa shape index (κ3) is 3.03. The van der Waals surface area contributed by atoms with Crippen molar-refractivity contribution in [2.45, 2.75) is 13.0 Å². The number of hydrogen-bond donors (Lipinski definition) is 3. The highest BCUT2D eigenvalue weighted by Gasteiger charge is 2.29. The standard InChI is InChI=1S/C18H21N5O3/c24-13-3-1-12(2-4-13)17(25)22-7-9-23(10-8-22)18(26)16-14-11-19-6-5-15(14)20-21-16/h1-4,19,24H,5-11H2,(H,20,21). The van der Waals surface area contributed by atoms with Crippen LogP contribution in [-0.2, 0) is 13.0 Å². The molecule has 3 heterocycles. The Labute approximate surface area is 150 Å². The van der Waals surface area contributed by atoms with Crippen LogP contribution in [-0.4, -0.2) is 69.6 Å². The predicted octanol–water partition coefficient (Wildman–Crippen LogP) is 0.359. The Bertz CT molecular complexity index is 822. The number of aromatic nitrogens is 2. The molecule has 4 rings (SSSR count). The van der Waals surface area contributed by atoms with Crippen molar-refractivity contribution in [2.75, 3.05) is 32.7 Å². The Morgan fingerprint density at radius 3 is 2.35 bits per heavy atom. The van der Waals surface area contributed by atoms with E-state index in [1.165, 1.54) is 12.1 Å². The number of rotatable bonds is 2. The zero-order valence-corrected chi connectivity index (χ0v) is 14.4. The van der Waals surface area contributed by atoms with Gasteiger partial charge in [0, 0.05) is 62.5 Å². The minimum atomic E-state index is -0.0848. The zero-order valence-electron chi connectivity index (χ0n) is 14.4. The second-order valence-corrected chi connectivity index (χ2v) is 6.59. The number of phenols is 1. The van der Waals surface area contributed by atoms with Gasteiger partial charge in [0.05, 0.1) is 0 Å². The molecule has 8 nitrogen and oxygen atoms in total. The summed E-state index contributed by atoms with van der Waals surface area (Å²) in [5.74, 6) is -0.0322. The number of aromatic hydroxyl groups is 1. The third-order valence-electron chi connectivity index (χ3n) is 4.98. The van der Waals surface area contributed by atoms with E-state index in [0.717, 1.165) is 24.2 Å². The summed E-state index contributed by atoms with van der Waals surface area (Å²) >= 11 is 0. The van der Waals surface area contributed by atoms with Crippen LogP contribution in [0.1, 0.15) is 32.1 Å². The lowest BCUT2D eigenvalue weighted by molar-refractivity contribution is 0.0531. The van der Waals surface area contributed by atoms with Gasteiger partial charge in [-0.25, -0.2) is 0 Å². The molecule has 1 fully saturated rings. The van der Waals surface area contributed by atoms with Crippen molar-refractivity contribution < 1.29 is 14.7 Å². The largest absolute Gasteiger partial charge is 0.508 e. The van der Waals surface area contributed by atoms with Crippen LogP contribution in [0.3, 0.4) is 0 Å². The van der Waals surface area contributed by atoms with Gasteiger partial charge in [-0.3, -0.25) is 14.7 Å². The Kier molecular flexibility index (Phi) is 4.34. The smallest absolute Gasteiger partial charge is 0.274 e. The minimum absolute atomic E-state index is 0.0806. The maximum Gasteiger partial charge on any atom is 0.274 e. The second kappa shape index (κ2) is 6.80. The van der Waals surface area contributed by atoms with Gasteiger partial charge in [-0.15, -0.1) is 0 Å². The van der Waals surface area contributed by atoms with E-state index in [-0.39, 0.29) is 17.6 Å². The van der Waals surface area contributed by atoms with Gasteiger partial charge in [0.25, 0.3) is 11.8 Å². The highest BCUT2D eigenvalue weighted by molar-refractivity contribution is 5.96. The maximum atomic E-state index is 12.8. The predicted molar refractivity (Wildman–Crippen MR) is 93.9 cm³/mol. The molecule has 0 spiro atoms. The van der Waals surface area contributed by atoms with E-state index in [2.05, 4.69) is 15.5 Å². The number of nitrogens with zero attached hydrogens (tertiary/aromatic N) is 3. The number of piperazine rings is 1. The van der Waals surface area contributed by atoms with E-state index in [0.29, 0.717) is 44.0 Å². The number of H-pyrrole nitrogens is 1. The molecular weight excluding hydrogens is 334 g/mol. The first-order valence-corrected chi connectivity index (χ1v) is 8.78. The summed E-state index contributed by atoms with van der Waals surface area (Å²) in [6, 6.07) is 6.22. The molecule has 2 aliphatic rings. The number of carbonyl (C=O) groups is 2. The Morgan fingerprint density at radius 1 is 1.00 bits per heavy atom. The molecule has 0 unspecified atom stereocenters. The molecule has 0 bridgehead atoms. The van der Waals surface area contributed by atoms with Crippen LogP contribution in [0.25, 0.3) is 0 Å². The highest BCUT2D eigenvalue weighted by atomic mass is 16.3. The molecule has 3 N–H and O–H groups in total. The fourth-order valence-electron chi connectivity index (χ4n) is 3.45. The number of phenolic OH excluding ortho intramolecular Hbond substituents is 1. The van der Waals surface area contributed by atoms with Crippen LogP contribution in [0.5, 0.6) is 5.75 Å². The van der Waals surface area contributed by atoms with Crippen LogP contribution in [0.2, 0.25) is 0 Å². The first-order chi connectivity index (χ1) is 12.6. The molecule has 2 amide bonds. The van der Waals surface area contributed by atoms with E-state index < -0.39 is 0 Å². The number of benzene rings is 1. The monoisotopic (exact) mass is 355 g/mol. The lowest BCUT2D eigenvalue weighted by Gasteiger charge is -2.34. The summed E-state index contributed by atoms with van der Waals surface area (Å²) in [5.41, 5.74) is 3.03. The molecule has 26 heavy (non-hydrogen) atoms. The van der Waals surface area contributed by atoms with Crippen LogP contribution in [0.4, 0.5) is 0 Å². The Morgan fingerprint density at radius 2 is 1.65 bits per heavy atom. The summed E-state index contributed by atoms with van der Waals surface area (Å²) in [7, 11) is 0. The van der Waals surface area contributed by atoms with Gasteiger partial charge in [0.2, 0.25) is 0 Å². The van der Waals surface area contributed by atoms with Crippen molar-refractivity contribution in [3.63, 3.8) is 0 Å². The van der Waals surface area contributed by atoms with Gasteiger partial charge in [-0.1, -0.05) is 0 Å². The first-order valence-electron chi connectivity index (χ1n) is 8.78. The van der Waals surface area contributed by atoms with Crippen LogP contribution < -0.4 is 5.32 Å². The van der Waals surface area contributed by atoms with Gasteiger partial charge in [-0.2, -0.15) is 5.10 Å². The van der Waals surface area contributed by atoms with E-state index in [4.69, 9.17) is 0 Å². The Balaban J connectivity index is 1.40. The lowest BCUT2D eigenvalue weighted by atomic mass is 10.1. The van der Waals surface area contributed by atoms with Crippen molar-refractivity contribution in [1.82, 2.24) is 25.3 Å². The normalized spacial score (nSPS) is 17.1. The zero-order chi connectivity index (χ0) is 18.1. The molecule has 0 saturated carbocycles. The van der Waals surface area contributed by atoms with Gasteiger partial charge in [0.15, 0.2) is 5.69 Å². The molecule has 0 radical (unpaired) electrons. The number of carbonyl (C=O) groups excluding carboxylic acids is 2. The molecule has 2 aromatic rings. The summed E-state index contributed by atoms with van der Waals surface area (Å²) in [5, 5.41) is 19.8. The first kappa shape index (κ1) is 16.6. The summed E-state index contributed by atoms with van der Waals surface area (Å²) < 4.78 is 0. The molecule has 1 aromatic heterocycles. The van der Waals surface area contributed by atoms with E-state index in [1.54, 1.807) is 21.9 Å². The van der Waals surface area contributed by atoms with Crippen molar-refractivity contribution in [2.24, 2.45) is 0 Å². The SMILES string of the molecule is O=C(c1ccc(O)cc1)N1CCN(C(=O)c2n[nH]c3c2CNCC3)CC1. The van der Waals surface area contributed by atoms with Gasteiger partial charge in [-0.05, 0) is 24.3 Å². The number of fused-ring (bicyclic) bond motifs is 1. The molecule has 0 aliphatic carbocycles. The van der Waals surface area contributed by atoms with E-state index in [9.17, 15) is 14.7 Å². The maximum absolute atomic E-state index is 12.8. The molecular formula is C18H21N5O3. The third-order valence-corrected chi connectivity index (χ3v) is 4.98. The number of aromatic amines is 1. The molecule has 2 aliphatic heterocycles. The average Bonchev–Trinajstić information content (AvgIpc) is 3.12. The van der Waals surface area contributed by atoms with Crippen LogP contribution >= 0.6 is 0 Å². The second-order valence-electron chi connectivity index (χ2n) is 6.59. The number of nitrogens with one attached hydrogen (secondary N) is 2. The van der Waals surface area contributed by atoms with Gasteiger partial charge < -0.3 is 20.2 Å². The van der Waals surface area contributed by atoms with Gasteiger partial charge >= 0.3 is 0 Å². The van der Waals surface area contributed by atoms with Crippen molar-refractivity contribution >= 4 is 11.8 Å². The van der Waals surface area contributed by atoms with Crippen LogP contribution in [0, 0.1) is 0 Å². The fourth-order valence-corrected chi connectivity index (χ4v) is 3.45. The van der Waals surface area contributed by atoms with E-state index in [1.807, 2.05) is 0 Å². The molecule has 136 valence electrons. The highest BCUT2D eigenvalue weighted by Crippen LogP contribution is 2.19. The number of hydrogen-bond acceptors (Lipinski definition) is 5. The van der Waals surface area contributed by atoms with Crippen molar-refractivity contribution in [3.05, 3.63) is 46.8 Å². The van der Waals surface area contributed by atoms with Crippen LogP contribution in [0.15, 0.2) is 24.3 Å². The quantitative estimate of drug-likeness (QED) is 0.722. The van der Waals surface area contributed by atoms with Gasteiger partial charge in [0.1, 0.15) is 5.75 Å². The lowest BCUT2D eigenvalue weighted by Crippen LogP contribution is -2.50. The summed E-state index contributed by atoms with van der Waals surface area (Å²) in [6.07, 6.45) is 0.852. The summed E-state index contributed by atoms with van der Waals surface area (Å²) in [6.45, 7) is 3.48. The Hall–Kier alpha value is -2.87. The fraction of sp³-hybridized carbons (Fsp3) is 0.389.